The van der Waals surface area contributed by atoms with Crippen molar-refractivity contribution in [3.8, 4) is 16.5 Å². The van der Waals surface area contributed by atoms with Crippen molar-refractivity contribution in [2.45, 2.75) is 56.3 Å². The zero-order valence-corrected chi connectivity index (χ0v) is 24.7. The van der Waals surface area contributed by atoms with E-state index in [-0.39, 0.29) is 28.4 Å². The van der Waals surface area contributed by atoms with Gasteiger partial charge in [0.2, 0.25) is 5.89 Å². The van der Waals surface area contributed by atoms with Crippen LogP contribution < -0.4 is 9.64 Å². The van der Waals surface area contributed by atoms with Gasteiger partial charge in [0.25, 0.3) is 10.0 Å². The number of urea groups is 1. The number of benzene rings is 1. The summed E-state index contributed by atoms with van der Waals surface area (Å²) in [6.07, 6.45) is 3.16. The lowest BCUT2D eigenvalue weighted by molar-refractivity contribution is -0.145. The number of carboxylic acid groups (broad SMARTS) is 1. The number of sulfonamides is 1. The van der Waals surface area contributed by atoms with E-state index in [1.807, 2.05) is 18.2 Å². The molecule has 41 heavy (non-hydrogen) atoms. The molecule has 1 saturated heterocycles. The number of fused-ring (bicyclic) bond motifs is 1. The Bertz CT molecular complexity index is 1540. The van der Waals surface area contributed by atoms with E-state index in [9.17, 15) is 23.1 Å². The minimum atomic E-state index is -4.59. The summed E-state index contributed by atoms with van der Waals surface area (Å²) in [6, 6.07) is 6.24. The largest absolute Gasteiger partial charge is 0.496 e. The van der Waals surface area contributed by atoms with E-state index >= 15 is 0 Å². The van der Waals surface area contributed by atoms with Gasteiger partial charge in [-0.05, 0) is 45.2 Å². The van der Waals surface area contributed by atoms with E-state index in [2.05, 4.69) is 4.98 Å². The molecule has 1 aromatic carbocycles. The maximum atomic E-state index is 14.1. The number of carboxylic acids is 1. The molecule has 0 saturated carbocycles. The first-order chi connectivity index (χ1) is 19.5. The normalized spacial score (nSPS) is 18.3. The van der Waals surface area contributed by atoms with Crippen molar-refractivity contribution >= 4 is 38.4 Å². The molecular weight excluding hydrogens is 574 g/mol. The third-order valence-corrected chi connectivity index (χ3v) is 10.8. The number of ether oxygens (including phenoxy) is 3. The van der Waals surface area contributed by atoms with Gasteiger partial charge in [0.05, 0.1) is 30.8 Å². The quantitative estimate of drug-likeness (QED) is 0.371. The SMILES string of the molecule is COc1ccccc1C(CN1C(=O)N(C(C)(C)C(=O)O)S(=O)(=O)c2c1sc(-c1ncco1)c2C)OC1CCOCC1. The van der Waals surface area contributed by atoms with Crippen LogP contribution in [0, 0.1) is 6.92 Å². The molecule has 0 radical (unpaired) electrons. The van der Waals surface area contributed by atoms with Crippen molar-refractivity contribution in [3.05, 3.63) is 47.9 Å². The first-order valence-electron chi connectivity index (χ1n) is 13.0. The van der Waals surface area contributed by atoms with Crippen LogP contribution in [0.2, 0.25) is 0 Å². The molecule has 2 amide bonds. The average Bonchev–Trinajstić information content (AvgIpc) is 3.59. The van der Waals surface area contributed by atoms with Crippen molar-refractivity contribution in [2.75, 3.05) is 31.8 Å². The highest BCUT2D eigenvalue weighted by Gasteiger charge is 2.54. The number of aliphatic carboxylic acids is 1. The number of carbonyl (C=O) groups excluding carboxylic acids is 1. The Labute approximate surface area is 241 Å². The second-order valence-electron chi connectivity index (χ2n) is 10.2. The Morgan fingerprint density at radius 1 is 1.27 bits per heavy atom. The molecule has 220 valence electrons. The predicted octanol–water partition coefficient (Wildman–Crippen LogP) is 4.45. The van der Waals surface area contributed by atoms with Gasteiger partial charge in [0, 0.05) is 18.8 Å². The number of aromatic nitrogens is 1. The van der Waals surface area contributed by atoms with Gasteiger partial charge in [-0.15, -0.1) is 11.3 Å². The minimum Gasteiger partial charge on any atom is -0.496 e. The zero-order chi connectivity index (χ0) is 29.5. The highest BCUT2D eigenvalue weighted by Crippen LogP contribution is 2.50. The summed E-state index contributed by atoms with van der Waals surface area (Å²) < 4.78 is 51.5. The van der Waals surface area contributed by atoms with Gasteiger partial charge in [-0.3, -0.25) is 4.90 Å². The standard InChI is InChI=1S/C27H31N3O9S2/c1-16-21(23-28-11-14-38-23)40-24-22(16)41(34,35)30(27(2,3)25(31)32)26(33)29(24)15-20(39-17-9-12-37-13-10-17)18-7-5-6-8-19(18)36-4/h5-8,11,14,17,20H,9-10,12-13,15H2,1-4H3,(H,31,32). The number of para-hydroxylation sites is 1. The third-order valence-electron chi connectivity index (χ3n) is 7.24. The smallest absolute Gasteiger partial charge is 0.340 e. The van der Waals surface area contributed by atoms with Crippen LogP contribution in [0.25, 0.3) is 10.8 Å². The number of carbonyl (C=O) groups is 2. The van der Waals surface area contributed by atoms with Crippen molar-refractivity contribution in [2.24, 2.45) is 0 Å². The predicted molar refractivity (Wildman–Crippen MR) is 149 cm³/mol. The van der Waals surface area contributed by atoms with E-state index in [0.29, 0.717) is 52.1 Å². The van der Waals surface area contributed by atoms with Gasteiger partial charge in [-0.1, -0.05) is 18.2 Å². The fourth-order valence-electron chi connectivity index (χ4n) is 5.04. The van der Waals surface area contributed by atoms with E-state index < -0.39 is 33.7 Å². The van der Waals surface area contributed by atoms with Gasteiger partial charge in [-0.2, -0.15) is 4.31 Å². The molecule has 1 unspecified atom stereocenters. The maximum Gasteiger partial charge on any atom is 0.340 e. The number of nitrogens with zero attached hydrogens (tertiary/aromatic N) is 3. The molecular formula is C27H31N3O9S2. The second-order valence-corrected chi connectivity index (χ2v) is 13.0. The molecule has 1 N–H and O–H groups in total. The minimum absolute atomic E-state index is 0.115. The third kappa shape index (κ3) is 5.09. The molecule has 2 aliphatic rings. The molecule has 12 nitrogen and oxygen atoms in total. The fraction of sp³-hybridized carbons (Fsp3) is 0.444. The number of thiophene rings is 1. The molecule has 1 atom stereocenters. The Balaban J connectivity index is 1.68. The lowest BCUT2D eigenvalue weighted by Gasteiger charge is -2.42. The second kappa shape index (κ2) is 11.1. The summed E-state index contributed by atoms with van der Waals surface area (Å²) in [5.41, 5.74) is -1.13. The Morgan fingerprint density at radius 3 is 2.61 bits per heavy atom. The monoisotopic (exact) mass is 605 g/mol. The number of anilines is 1. The van der Waals surface area contributed by atoms with Crippen molar-refractivity contribution < 1.29 is 41.7 Å². The highest BCUT2D eigenvalue weighted by molar-refractivity contribution is 7.90. The maximum absolute atomic E-state index is 14.1. The molecule has 3 aromatic rings. The zero-order valence-electron chi connectivity index (χ0n) is 23.0. The van der Waals surface area contributed by atoms with Gasteiger partial charge in [0.1, 0.15) is 28.0 Å². The van der Waals surface area contributed by atoms with E-state index in [1.165, 1.54) is 38.3 Å². The first kappa shape index (κ1) is 29.0. The summed E-state index contributed by atoms with van der Waals surface area (Å²) in [4.78, 5) is 32.1. The topological polar surface area (TPSA) is 149 Å². The first-order valence-corrected chi connectivity index (χ1v) is 15.2. The molecule has 4 heterocycles. The summed E-state index contributed by atoms with van der Waals surface area (Å²) in [5.74, 6) is -0.751. The molecule has 0 spiro atoms. The van der Waals surface area contributed by atoms with Crippen LogP contribution in [0.15, 0.2) is 46.0 Å². The Hall–Kier alpha value is -3.46. The summed E-state index contributed by atoms with van der Waals surface area (Å²) in [5, 5.41) is 10.1. The van der Waals surface area contributed by atoms with Crippen molar-refractivity contribution in [1.82, 2.24) is 9.29 Å². The van der Waals surface area contributed by atoms with Gasteiger partial charge >= 0.3 is 12.0 Å². The average molecular weight is 606 g/mol. The van der Waals surface area contributed by atoms with Crippen LogP contribution in [-0.4, -0.2) is 73.3 Å². The lowest BCUT2D eigenvalue weighted by atomic mass is 10.1. The Kier molecular flexibility index (Phi) is 7.85. The summed E-state index contributed by atoms with van der Waals surface area (Å²) in [6.45, 7) is 4.89. The molecule has 2 aliphatic heterocycles. The number of oxazole rings is 1. The Morgan fingerprint density at radius 2 is 1.98 bits per heavy atom. The number of rotatable bonds is 9. The summed E-state index contributed by atoms with van der Waals surface area (Å²) in [7, 11) is -3.06. The van der Waals surface area contributed by atoms with Gasteiger partial charge in [0.15, 0.2) is 5.54 Å². The van der Waals surface area contributed by atoms with Crippen LogP contribution >= 0.6 is 11.3 Å². The molecule has 1 fully saturated rings. The molecule has 0 aliphatic carbocycles. The lowest BCUT2D eigenvalue weighted by Crippen LogP contribution is -2.62. The number of hydrogen-bond acceptors (Lipinski definition) is 10. The summed E-state index contributed by atoms with van der Waals surface area (Å²) >= 11 is 1.04. The van der Waals surface area contributed by atoms with Crippen LogP contribution in [0.3, 0.4) is 0 Å². The van der Waals surface area contributed by atoms with Crippen LogP contribution in [0.1, 0.15) is 43.9 Å². The number of amides is 2. The molecule has 5 rings (SSSR count). The van der Waals surface area contributed by atoms with Crippen LogP contribution in [-0.2, 0) is 24.3 Å². The number of methoxy groups -OCH3 is 1. The van der Waals surface area contributed by atoms with E-state index in [4.69, 9.17) is 18.6 Å². The van der Waals surface area contributed by atoms with Gasteiger partial charge < -0.3 is 23.7 Å². The fourth-order valence-corrected chi connectivity index (χ4v) is 8.68. The molecule has 2 aromatic heterocycles. The van der Waals surface area contributed by atoms with E-state index in [0.717, 1.165) is 11.3 Å². The van der Waals surface area contributed by atoms with Crippen LogP contribution in [0.4, 0.5) is 9.80 Å². The van der Waals surface area contributed by atoms with Crippen molar-refractivity contribution in [3.63, 3.8) is 0 Å². The molecule has 0 bridgehead atoms. The molecule has 14 heteroatoms. The highest BCUT2D eigenvalue weighted by atomic mass is 32.2. The number of hydrogen-bond donors (Lipinski definition) is 1. The van der Waals surface area contributed by atoms with Crippen LogP contribution in [0.5, 0.6) is 5.75 Å². The van der Waals surface area contributed by atoms with Gasteiger partial charge in [-0.25, -0.2) is 23.0 Å². The van der Waals surface area contributed by atoms with E-state index in [1.54, 1.807) is 13.0 Å². The van der Waals surface area contributed by atoms with Crippen molar-refractivity contribution in [1.29, 1.82) is 0 Å².